The van der Waals surface area contributed by atoms with Crippen LogP contribution in [0.15, 0.2) is 59.6 Å². The molecule has 0 aliphatic carbocycles. The van der Waals surface area contributed by atoms with Crippen LogP contribution in [0.3, 0.4) is 0 Å². The summed E-state index contributed by atoms with van der Waals surface area (Å²) in [5.41, 5.74) is 1.10. The number of nitrogens with zero attached hydrogens (tertiary/aromatic N) is 3. The molecule has 0 unspecified atom stereocenters. The van der Waals surface area contributed by atoms with Gasteiger partial charge in [0.2, 0.25) is 0 Å². The van der Waals surface area contributed by atoms with Crippen LogP contribution >= 0.6 is 0 Å². The number of amides is 1. The van der Waals surface area contributed by atoms with Crippen LogP contribution in [0.1, 0.15) is 15.9 Å². The summed E-state index contributed by atoms with van der Waals surface area (Å²) < 4.78 is 28.6. The molecule has 0 aliphatic rings. The van der Waals surface area contributed by atoms with Gasteiger partial charge in [-0.3, -0.25) is 19.6 Å². The van der Waals surface area contributed by atoms with E-state index >= 15 is 0 Å². The Morgan fingerprint density at radius 3 is 2.39 bits per heavy atom. The van der Waals surface area contributed by atoms with Crippen LogP contribution < -0.4 is 4.72 Å². The van der Waals surface area contributed by atoms with Gasteiger partial charge in [0.1, 0.15) is 5.69 Å². The monoisotopic (exact) mass is 400 g/mol. The third-order valence-electron chi connectivity index (χ3n) is 4.04. The quantitative estimate of drug-likeness (QED) is 0.518. The second-order valence-electron chi connectivity index (χ2n) is 6.07. The molecule has 1 heterocycles. The number of carbonyl (C=O) groups excluding carboxylic acids is 1. The summed E-state index contributed by atoms with van der Waals surface area (Å²) in [6.45, 7) is 1.63. The van der Waals surface area contributed by atoms with Gasteiger partial charge in [-0.05, 0) is 30.7 Å². The highest BCUT2D eigenvalue weighted by Crippen LogP contribution is 2.25. The van der Waals surface area contributed by atoms with Crippen molar-refractivity contribution in [1.82, 2.24) is 14.5 Å². The first-order valence-corrected chi connectivity index (χ1v) is 9.58. The van der Waals surface area contributed by atoms with Gasteiger partial charge in [-0.15, -0.1) is 0 Å². The Balaban J connectivity index is 1.95. The molecule has 0 aliphatic heterocycles. The fourth-order valence-corrected chi connectivity index (χ4v) is 3.91. The Morgan fingerprint density at radius 2 is 1.79 bits per heavy atom. The standard InChI is InChI=1S/C18H16N4O5S/c1-12-5-3-4-6-16(12)28(26,27)20-18(23)15-11-21(2)19-17(15)13-7-9-14(10-8-13)22(24)25/h3-11H,1-2H3,(H,20,23). The average Bonchev–Trinajstić information content (AvgIpc) is 3.03. The van der Waals surface area contributed by atoms with Crippen molar-refractivity contribution in [2.75, 3.05) is 0 Å². The first kappa shape index (κ1) is 19.2. The zero-order valence-electron chi connectivity index (χ0n) is 15.0. The van der Waals surface area contributed by atoms with Crippen LogP contribution in [-0.2, 0) is 17.1 Å². The smallest absolute Gasteiger partial charge is 0.269 e. The number of rotatable bonds is 5. The summed E-state index contributed by atoms with van der Waals surface area (Å²) in [5.74, 6) is -0.843. The van der Waals surface area contributed by atoms with Crippen LogP contribution in [0.4, 0.5) is 5.69 Å². The van der Waals surface area contributed by atoms with Crippen LogP contribution in [0.5, 0.6) is 0 Å². The molecule has 0 spiro atoms. The number of benzene rings is 2. The molecule has 1 aromatic heterocycles. The molecule has 3 aromatic rings. The van der Waals surface area contributed by atoms with E-state index in [1.54, 1.807) is 32.2 Å². The molecule has 3 rings (SSSR count). The van der Waals surface area contributed by atoms with E-state index in [2.05, 4.69) is 9.82 Å². The lowest BCUT2D eigenvalue weighted by atomic mass is 10.1. The predicted octanol–water partition coefficient (Wildman–Crippen LogP) is 2.42. The van der Waals surface area contributed by atoms with Crippen molar-refractivity contribution >= 4 is 21.6 Å². The van der Waals surface area contributed by atoms with E-state index in [0.29, 0.717) is 11.1 Å². The van der Waals surface area contributed by atoms with Crippen molar-refractivity contribution in [3.05, 3.63) is 76.0 Å². The first-order valence-electron chi connectivity index (χ1n) is 8.10. The highest BCUT2D eigenvalue weighted by Gasteiger charge is 2.24. The second-order valence-corrected chi connectivity index (χ2v) is 7.72. The summed E-state index contributed by atoms with van der Waals surface area (Å²) in [4.78, 5) is 22.9. The number of hydrogen-bond donors (Lipinski definition) is 1. The number of nitro groups is 1. The minimum absolute atomic E-state index is 0.00382. The molecular weight excluding hydrogens is 384 g/mol. The topological polar surface area (TPSA) is 124 Å². The Labute approximate surface area is 160 Å². The van der Waals surface area contributed by atoms with Gasteiger partial charge < -0.3 is 0 Å². The van der Waals surface area contributed by atoms with Crippen LogP contribution in [-0.4, -0.2) is 29.0 Å². The Kier molecular flexibility index (Phi) is 4.97. The van der Waals surface area contributed by atoms with E-state index in [0.717, 1.165) is 0 Å². The number of aryl methyl sites for hydroxylation is 2. The molecule has 28 heavy (non-hydrogen) atoms. The molecule has 0 radical (unpaired) electrons. The van der Waals surface area contributed by atoms with Gasteiger partial charge in [-0.25, -0.2) is 13.1 Å². The van der Waals surface area contributed by atoms with Gasteiger partial charge in [-0.1, -0.05) is 18.2 Å². The summed E-state index contributed by atoms with van der Waals surface area (Å²) in [7, 11) is -2.49. The maximum Gasteiger partial charge on any atom is 0.269 e. The zero-order valence-corrected chi connectivity index (χ0v) is 15.8. The molecule has 0 atom stereocenters. The number of sulfonamides is 1. The fraction of sp³-hybridized carbons (Fsp3) is 0.111. The Hall–Kier alpha value is -3.53. The lowest BCUT2D eigenvalue weighted by molar-refractivity contribution is -0.384. The van der Waals surface area contributed by atoms with E-state index in [9.17, 15) is 23.3 Å². The molecule has 10 heteroatoms. The summed E-state index contributed by atoms with van der Waals surface area (Å²) in [6, 6.07) is 11.8. The average molecular weight is 400 g/mol. The summed E-state index contributed by atoms with van der Waals surface area (Å²) in [5, 5.41) is 15.0. The summed E-state index contributed by atoms with van der Waals surface area (Å²) >= 11 is 0. The van der Waals surface area contributed by atoms with Crippen LogP contribution in [0.25, 0.3) is 11.3 Å². The molecule has 1 N–H and O–H groups in total. The van der Waals surface area contributed by atoms with Crippen molar-refractivity contribution in [2.45, 2.75) is 11.8 Å². The number of non-ortho nitro benzene ring substituents is 1. The van der Waals surface area contributed by atoms with Gasteiger partial charge in [0, 0.05) is 30.9 Å². The largest absolute Gasteiger partial charge is 0.274 e. The third-order valence-corrected chi connectivity index (χ3v) is 5.53. The maximum absolute atomic E-state index is 12.7. The van der Waals surface area contributed by atoms with Crippen molar-refractivity contribution in [1.29, 1.82) is 0 Å². The zero-order chi connectivity index (χ0) is 20.5. The number of hydrogen-bond acceptors (Lipinski definition) is 6. The van der Waals surface area contributed by atoms with Crippen LogP contribution in [0.2, 0.25) is 0 Å². The normalized spacial score (nSPS) is 11.2. The van der Waals surface area contributed by atoms with Gasteiger partial charge in [-0.2, -0.15) is 5.10 Å². The van der Waals surface area contributed by atoms with Crippen molar-refractivity contribution in [3.63, 3.8) is 0 Å². The van der Waals surface area contributed by atoms with Gasteiger partial charge >= 0.3 is 0 Å². The molecule has 2 aromatic carbocycles. The van der Waals surface area contributed by atoms with Crippen LogP contribution in [0, 0.1) is 17.0 Å². The highest BCUT2D eigenvalue weighted by atomic mass is 32.2. The third kappa shape index (κ3) is 3.76. The fourth-order valence-electron chi connectivity index (χ4n) is 2.70. The molecule has 0 fully saturated rings. The number of nitrogens with one attached hydrogen (secondary N) is 1. The summed E-state index contributed by atoms with van der Waals surface area (Å²) in [6.07, 6.45) is 1.39. The lowest BCUT2D eigenvalue weighted by Gasteiger charge is -2.09. The van der Waals surface area contributed by atoms with Crippen molar-refractivity contribution in [3.8, 4) is 11.3 Å². The Morgan fingerprint density at radius 1 is 1.14 bits per heavy atom. The second kappa shape index (κ2) is 7.24. The van der Waals surface area contributed by atoms with Gasteiger partial charge in [0.15, 0.2) is 0 Å². The molecule has 0 saturated heterocycles. The minimum atomic E-state index is -4.07. The van der Waals surface area contributed by atoms with Crippen molar-refractivity contribution < 1.29 is 18.1 Å². The van der Waals surface area contributed by atoms with E-state index < -0.39 is 20.9 Å². The van der Waals surface area contributed by atoms with E-state index in [-0.39, 0.29) is 21.8 Å². The van der Waals surface area contributed by atoms with Gasteiger partial charge in [0.25, 0.3) is 21.6 Å². The van der Waals surface area contributed by atoms with Crippen molar-refractivity contribution in [2.24, 2.45) is 7.05 Å². The van der Waals surface area contributed by atoms with Gasteiger partial charge in [0.05, 0.1) is 15.4 Å². The molecule has 9 nitrogen and oxygen atoms in total. The molecule has 144 valence electrons. The van der Waals surface area contributed by atoms with E-state index in [1.165, 1.54) is 41.2 Å². The molecule has 1 amide bonds. The number of nitro benzene ring substituents is 1. The van der Waals surface area contributed by atoms with E-state index in [4.69, 9.17) is 0 Å². The predicted molar refractivity (Wildman–Crippen MR) is 101 cm³/mol. The SMILES string of the molecule is Cc1ccccc1S(=O)(=O)NC(=O)c1cn(C)nc1-c1ccc([N+](=O)[O-])cc1. The molecule has 0 bridgehead atoms. The van der Waals surface area contributed by atoms with E-state index in [1.807, 2.05) is 0 Å². The highest BCUT2D eigenvalue weighted by molar-refractivity contribution is 7.90. The minimum Gasteiger partial charge on any atom is -0.274 e. The molecule has 0 saturated carbocycles. The molecular formula is C18H16N4O5S. The number of carbonyl (C=O) groups is 1. The Bertz CT molecular complexity index is 1170. The maximum atomic E-state index is 12.7. The lowest BCUT2D eigenvalue weighted by Crippen LogP contribution is -2.31. The first-order chi connectivity index (χ1) is 13.2. The number of aromatic nitrogens is 2.